The molecule has 0 bridgehead atoms. The molecule has 236 valence electrons. The van der Waals surface area contributed by atoms with Gasteiger partial charge in [-0.15, -0.1) is 0 Å². The number of benzene rings is 3. The molecule has 45 heavy (non-hydrogen) atoms. The first kappa shape index (κ1) is 30.9. The number of likely N-dealkylation sites (tertiary alicyclic amines) is 1. The number of hydrogen-bond donors (Lipinski definition) is 1. The summed E-state index contributed by atoms with van der Waals surface area (Å²) in [5, 5.41) is 12.7. The standard InChI is InChI=1S/C33H33ClF3N5O3/c1-4-26(44)41-16-20(3)42(17-19(41)2)31-23-15-24(34)28(27-22-8-6-5-7-21(22)9-10-25(27)43)29(35)30(23)38-32(39-31)45-14-13-40-12-11-33(36,37)18-40/h4-10,15,19-20,43H,1,11-14,16-18H2,2-3H3/t19-,20+/m1/s1. The van der Waals surface area contributed by atoms with E-state index in [4.69, 9.17) is 16.3 Å². The lowest BCUT2D eigenvalue weighted by molar-refractivity contribution is -0.128. The number of halogens is 4. The molecule has 3 aromatic carbocycles. The van der Waals surface area contributed by atoms with Crippen LogP contribution >= 0.6 is 11.6 Å². The molecule has 2 fully saturated rings. The zero-order valence-electron chi connectivity index (χ0n) is 24.9. The third kappa shape index (κ3) is 5.86. The van der Waals surface area contributed by atoms with Crippen LogP contribution in [0.2, 0.25) is 5.02 Å². The molecule has 4 aromatic rings. The molecule has 0 aliphatic carbocycles. The molecule has 6 rings (SSSR count). The number of carbonyl (C=O) groups is 1. The molecule has 2 atom stereocenters. The van der Waals surface area contributed by atoms with Crippen LogP contribution in [-0.4, -0.2) is 88.1 Å². The van der Waals surface area contributed by atoms with Crippen LogP contribution in [0.1, 0.15) is 20.3 Å². The lowest BCUT2D eigenvalue weighted by Crippen LogP contribution is -2.58. The van der Waals surface area contributed by atoms with Gasteiger partial charge in [0, 0.05) is 61.2 Å². The van der Waals surface area contributed by atoms with E-state index in [-0.39, 0.29) is 84.1 Å². The predicted octanol–water partition coefficient (Wildman–Crippen LogP) is 6.28. The highest BCUT2D eigenvalue weighted by Gasteiger charge is 2.38. The number of rotatable bonds is 7. The molecule has 2 aliphatic heterocycles. The Hall–Kier alpha value is -4.09. The van der Waals surface area contributed by atoms with Crippen LogP contribution in [0.5, 0.6) is 11.8 Å². The summed E-state index contributed by atoms with van der Waals surface area (Å²) >= 11 is 6.81. The minimum Gasteiger partial charge on any atom is -0.507 e. The molecule has 8 nitrogen and oxygen atoms in total. The first-order valence-corrected chi connectivity index (χ1v) is 15.2. The molecular formula is C33H33ClF3N5O3. The Bertz CT molecular complexity index is 1810. The van der Waals surface area contributed by atoms with Crippen molar-refractivity contribution < 1.29 is 27.8 Å². The fourth-order valence-electron chi connectivity index (χ4n) is 6.31. The smallest absolute Gasteiger partial charge is 0.319 e. The monoisotopic (exact) mass is 639 g/mol. The van der Waals surface area contributed by atoms with Crippen LogP contribution < -0.4 is 9.64 Å². The summed E-state index contributed by atoms with van der Waals surface area (Å²) < 4.78 is 50.1. The second-order valence-electron chi connectivity index (χ2n) is 11.7. The molecule has 12 heteroatoms. The van der Waals surface area contributed by atoms with Crippen molar-refractivity contribution in [3.63, 3.8) is 0 Å². The number of fused-ring (bicyclic) bond motifs is 2. The normalized spacial score (nSPS) is 20.2. The van der Waals surface area contributed by atoms with E-state index in [1.165, 1.54) is 12.1 Å². The van der Waals surface area contributed by atoms with E-state index in [0.717, 1.165) is 5.39 Å². The zero-order chi connectivity index (χ0) is 32.0. The van der Waals surface area contributed by atoms with Crippen LogP contribution in [0.4, 0.5) is 19.0 Å². The number of anilines is 1. The number of ether oxygens (including phenoxy) is 1. The molecule has 3 heterocycles. The van der Waals surface area contributed by atoms with E-state index in [2.05, 4.69) is 16.5 Å². The molecule has 0 saturated carbocycles. The number of aromatic hydroxyl groups is 1. The summed E-state index contributed by atoms with van der Waals surface area (Å²) in [4.78, 5) is 26.9. The molecule has 1 amide bonds. The van der Waals surface area contributed by atoms with E-state index in [1.807, 2.05) is 30.9 Å². The average Bonchev–Trinajstić information content (AvgIpc) is 3.36. The third-order valence-electron chi connectivity index (χ3n) is 8.60. The van der Waals surface area contributed by atoms with E-state index < -0.39 is 11.7 Å². The molecular weight excluding hydrogens is 607 g/mol. The van der Waals surface area contributed by atoms with E-state index in [9.17, 15) is 18.7 Å². The Morgan fingerprint density at radius 3 is 2.64 bits per heavy atom. The van der Waals surface area contributed by atoms with Crippen molar-refractivity contribution in [1.82, 2.24) is 19.8 Å². The number of alkyl halides is 2. The Balaban J connectivity index is 1.46. The van der Waals surface area contributed by atoms with Crippen molar-refractivity contribution >= 4 is 45.0 Å². The van der Waals surface area contributed by atoms with Gasteiger partial charge in [0.25, 0.3) is 5.92 Å². The van der Waals surface area contributed by atoms with Gasteiger partial charge in [-0.1, -0.05) is 48.5 Å². The Morgan fingerprint density at radius 1 is 1.13 bits per heavy atom. The summed E-state index contributed by atoms with van der Waals surface area (Å²) in [5.41, 5.74) is 0.142. The van der Waals surface area contributed by atoms with E-state index in [1.54, 1.807) is 34.1 Å². The topological polar surface area (TPSA) is 82.0 Å². The number of amides is 1. The van der Waals surface area contributed by atoms with Gasteiger partial charge in [-0.3, -0.25) is 9.69 Å². The highest BCUT2D eigenvalue weighted by Crippen LogP contribution is 2.45. The van der Waals surface area contributed by atoms with Crippen molar-refractivity contribution in [2.24, 2.45) is 0 Å². The minimum absolute atomic E-state index is 0.0147. The van der Waals surface area contributed by atoms with Crippen molar-refractivity contribution in [2.45, 2.75) is 38.3 Å². The Morgan fingerprint density at radius 2 is 1.91 bits per heavy atom. The van der Waals surface area contributed by atoms with Gasteiger partial charge in [0.15, 0.2) is 5.82 Å². The molecule has 2 saturated heterocycles. The Labute approximate surface area is 263 Å². The Kier molecular flexibility index (Phi) is 8.26. The number of carbonyl (C=O) groups excluding carboxylic acids is 1. The number of phenolic OH excluding ortho intramolecular Hbond substituents is 1. The molecule has 1 N–H and O–H groups in total. The molecule has 2 aliphatic rings. The van der Waals surface area contributed by atoms with Gasteiger partial charge in [-0.2, -0.15) is 9.97 Å². The second-order valence-corrected chi connectivity index (χ2v) is 12.1. The molecule has 0 unspecified atom stereocenters. The quantitative estimate of drug-likeness (QED) is 0.238. The lowest BCUT2D eigenvalue weighted by atomic mass is 9.95. The SMILES string of the molecule is C=CC(=O)N1C[C@H](C)N(c2nc(OCCN3CCC(F)(F)C3)nc3c(F)c(-c4c(O)ccc5ccccc45)c(Cl)cc23)C[C@H]1C. The number of hydrogen-bond acceptors (Lipinski definition) is 7. The maximum atomic E-state index is 16.8. The lowest BCUT2D eigenvalue weighted by Gasteiger charge is -2.44. The summed E-state index contributed by atoms with van der Waals surface area (Å²) in [6, 6.07) is 11.5. The van der Waals surface area contributed by atoms with Crippen molar-refractivity contribution in [2.75, 3.05) is 44.2 Å². The average molecular weight is 640 g/mol. The number of phenols is 1. The predicted molar refractivity (Wildman–Crippen MR) is 169 cm³/mol. The molecule has 0 radical (unpaired) electrons. The molecule has 1 aromatic heterocycles. The maximum Gasteiger partial charge on any atom is 0.319 e. The van der Waals surface area contributed by atoms with Gasteiger partial charge in [-0.05, 0) is 42.8 Å². The fourth-order valence-corrected chi connectivity index (χ4v) is 6.59. The fraction of sp³-hybridized carbons (Fsp3) is 0.364. The number of nitrogens with zero attached hydrogens (tertiary/aromatic N) is 5. The highest BCUT2D eigenvalue weighted by atomic mass is 35.5. The summed E-state index contributed by atoms with van der Waals surface area (Å²) in [7, 11) is 0. The van der Waals surface area contributed by atoms with Gasteiger partial charge in [0.1, 0.15) is 23.7 Å². The van der Waals surface area contributed by atoms with Crippen LogP contribution in [0.15, 0.2) is 55.1 Å². The largest absolute Gasteiger partial charge is 0.507 e. The maximum absolute atomic E-state index is 16.8. The molecule has 0 spiro atoms. The number of piperazine rings is 1. The van der Waals surface area contributed by atoms with Gasteiger partial charge in [0.2, 0.25) is 5.91 Å². The highest BCUT2D eigenvalue weighted by molar-refractivity contribution is 6.35. The summed E-state index contributed by atoms with van der Waals surface area (Å²) in [6.45, 7) is 8.31. The first-order chi connectivity index (χ1) is 21.5. The van der Waals surface area contributed by atoms with E-state index in [0.29, 0.717) is 29.7 Å². The van der Waals surface area contributed by atoms with Crippen molar-refractivity contribution in [3.8, 4) is 22.9 Å². The van der Waals surface area contributed by atoms with Gasteiger partial charge in [-0.25, -0.2) is 13.2 Å². The zero-order valence-corrected chi connectivity index (χ0v) is 25.7. The minimum atomic E-state index is -2.74. The van der Waals surface area contributed by atoms with Crippen LogP contribution in [0.25, 0.3) is 32.8 Å². The van der Waals surface area contributed by atoms with Gasteiger partial charge in [0.05, 0.1) is 11.6 Å². The van der Waals surface area contributed by atoms with Crippen LogP contribution in [0, 0.1) is 5.82 Å². The third-order valence-corrected chi connectivity index (χ3v) is 8.90. The van der Waals surface area contributed by atoms with Crippen molar-refractivity contribution in [3.05, 3.63) is 66.0 Å². The van der Waals surface area contributed by atoms with Crippen LogP contribution in [-0.2, 0) is 4.79 Å². The van der Waals surface area contributed by atoms with Crippen molar-refractivity contribution in [1.29, 1.82) is 0 Å². The van der Waals surface area contributed by atoms with E-state index >= 15 is 4.39 Å². The van der Waals surface area contributed by atoms with Crippen LogP contribution in [0.3, 0.4) is 0 Å². The van der Waals surface area contributed by atoms with Gasteiger partial charge < -0.3 is 19.6 Å². The summed E-state index contributed by atoms with van der Waals surface area (Å²) in [5.74, 6) is -3.47. The number of aromatic nitrogens is 2. The first-order valence-electron chi connectivity index (χ1n) is 14.8. The van der Waals surface area contributed by atoms with Gasteiger partial charge >= 0.3 is 6.01 Å². The summed E-state index contributed by atoms with van der Waals surface area (Å²) in [6.07, 6.45) is 1.07. The second kappa shape index (κ2) is 12.0.